The Bertz CT molecular complexity index is 954. The SMILES string of the molecule is CC[C@H](C)[C@H](NC(=O)CCn1cnc2c1c(=O)n(C)c(=O)n2C)C(=O)O. The summed E-state index contributed by atoms with van der Waals surface area (Å²) in [4.78, 5) is 51.7. The summed E-state index contributed by atoms with van der Waals surface area (Å²) in [5, 5.41) is 11.7. The van der Waals surface area contributed by atoms with E-state index in [1.165, 1.54) is 29.6 Å². The van der Waals surface area contributed by atoms with Gasteiger partial charge < -0.3 is 15.0 Å². The number of rotatable bonds is 7. The summed E-state index contributed by atoms with van der Waals surface area (Å²) in [5.41, 5.74) is -0.520. The fourth-order valence-electron chi connectivity index (χ4n) is 2.72. The standard InChI is InChI=1S/C16H23N5O5/c1-5-9(2)11(15(24)25)18-10(22)6-7-21-8-17-13-12(21)14(23)20(4)16(26)19(13)3/h8-9,11H,5-7H2,1-4H3,(H,18,22)(H,24,25)/t9-,11-/m0/s1. The molecule has 1 amide bonds. The van der Waals surface area contributed by atoms with Gasteiger partial charge in [0.1, 0.15) is 6.04 Å². The van der Waals surface area contributed by atoms with Gasteiger partial charge >= 0.3 is 11.7 Å². The maximum atomic E-state index is 12.3. The zero-order chi connectivity index (χ0) is 19.6. The lowest BCUT2D eigenvalue weighted by Gasteiger charge is -2.20. The molecule has 0 bridgehead atoms. The number of nitrogens with one attached hydrogen (secondary N) is 1. The van der Waals surface area contributed by atoms with Gasteiger partial charge in [0.25, 0.3) is 5.56 Å². The zero-order valence-corrected chi connectivity index (χ0v) is 15.2. The van der Waals surface area contributed by atoms with Gasteiger partial charge in [-0.1, -0.05) is 20.3 Å². The maximum absolute atomic E-state index is 12.3. The number of carboxylic acids is 1. The molecule has 0 radical (unpaired) electrons. The third-order valence-electron chi connectivity index (χ3n) is 4.59. The number of hydrogen-bond acceptors (Lipinski definition) is 5. The molecule has 0 spiro atoms. The minimum absolute atomic E-state index is 0.0162. The first-order valence-corrected chi connectivity index (χ1v) is 8.32. The van der Waals surface area contributed by atoms with Gasteiger partial charge in [0.2, 0.25) is 5.91 Å². The van der Waals surface area contributed by atoms with Gasteiger partial charge in [0.15, 0.2) is 11.2 Å². The first kappa shape index (κ1) is 19.4. The van der Waals surface area contributed by atoms with Crippen molar-refractivity contribution in [3.8, 4) is 0 Å². The van der Waals surface area contributed by atoms with Crippen LogP contribution in [0.15, 0.2) is 15.9 Å². The number of aliphatic carboxylic acids is 1. The number of carboxylic acid groups (broad SMARTS) is 1. The lowest BCUT2D eigenvalue weighted by molar-refractivity contribution is -0.143. The number of imidazole rings is 1. The van der Waals surface area contributed by atoms with Gasteiger partial charge in [-0.05, 0) is 5.92 Å². The molecule has 2 aromatic heterocycles. The largest absolute Gasteiger partial charge is 0.480 e. The average Bonchev–Trinajstić information content (AvgIpc) is 3.04. The lowest BCUT2D eigenvalue weighted by atomic mass is 9.99. The van der Waals surface area contributed by atoms with Crippen LogP contribution in [0.1, 0.15) is 26.7 Å². The highest BCUT2D eigenvalue weighted by Crippen LogP contribution is 2.09. The van der Waals surface area contributed by atoms with E-state index >= 15 is 0 Å². The molecule has 142 valence electrons. The summed E-state index contributed by atoms with van der Waals surface area (Å²) in [5.74, 6) is -1.71. The number of hydrogen-bond donors (Lipinski definition) is 2. The number of carbonyl (C=O) groups excluding carboxylic acids is 1. The van der Waals surface area contributed by atoms with Crippen LogP contribution in [0, 0.1) is 5.92 Å². The van der Waals surface area contributed by atoms with E-state index < -0.39 is 29.2 Å². The highest BCUT2D eigenvalue weighted by molar-refractivity contribution is 5.83. The number of aromatic nitrogens is 4. The van der Waals surface area contributed by atoms with Crippen molar-refractivity contribution in [2.45, 2.75) is 39.3 Å². The Morgan fingerprint density at radius 3 is 2.50 bits per heavy atom. The van der Waals surface area contributed by atoms with Crippen LogP contribution >= 0.6 is 0 Å². The number of amides is 1. The summed E-state index contributed by atoms with van der Waals surface area (Å²) in [6.07, 6.45) is 1.99. The molecule has 0 aliphatic carbocycles. The van der Waals surface area contributed by atoms with E-state index in [-0.39, 0.29) is 30.0 Å². The molecule has 2 heterocycles. The van der Waals surface area contributed by atoms with Crippen LogP contribution in [-0.4, -0.2) is 41.7 Å². The second-order valence-electron chi connectivity index (χ2n) is 6.33. The fraction of sp³-hybridized carbons (Fsp3) is 0.562. The highest BCUT2D eigenvalue weighted by atomic mass is 16.4. The Kier molecular flexibility index (Phi) is 5.63. The van der Waals surface area contributed by atoms with E-state index in [0.717, 1.165) is 4.57 Å². The smallest absolute Gasteiger partial charge is 0.332 e. The van der Waals surface area contributed by atoms with Crippen molar-refractivity contribution in [2.75, 3.05) is 0 Å². The summed E-state index contributed by atoms with van der Waals surface area (Å²) in [7, 11) is 2.88. The van der Waals surface area contributed by atoms with Gasteiger partial charge in [-0.3, -0.25) is 18.7 Å². The Labute approximate surface area is 149 Å². The van der Waals surface area contributed by atoms with Crippen molar-refractivity contribution in [2.24, 2.45) is 20.0 Å². The number of carbonyl (C=O) groups is 2. The van der Waals surface area contributed by atoms with Crippen LogP contribution in [0.3, 0.4) is 0 Å². The minimum Gasteiger partial charge on any atom is -0.480 e. The topological polar surface area (TPSA) is 128 Å². The van der Waals surface area contributed by atoms with Crippen LogP contribution in [-0.2, 0) is 30.2 Å². The van der Waals surface area contributed by atoms with Crippen LogP contribution in [0.25, 0.3) is 11.2 Å². The molecule has 2 rings (SSSR count). The van der Waals surface area contributed by atoms with Gasteiger partial charge in [-0.25, -0.2) is 14.6 Å². The van der Waals surface area contributed by atoms with Gasteiger partial charge in [0, 0.05) is 27.1 Å². The van der Waals surface area contributed by atoms with E-state index in [1.54, 1.807) is 6.92 Å². The normalized spacial score (nSPS) is 13.5. The Morgan fingerprint density at radius 1 is 1.27 bits per heavy atom. The molecule has 0 aromatic carbocycles. The van der Waals surface area contributed by atoms with Crippen LogP contribution in [0.4, 0.5) is 0 Å². The highest BCUT2D eigenvalue weighted by Gasteiger charge is 2.25. The molecule has 2 aromatic rings. The Morgan fingerprint density at radius 2 is 1.92 bits per heavy atom. The van der Waals surface area contributed by atoms with E-state index in [4.69, 9.17) is 0 Å². The fourth-order valence-corrected chi connectivity index (χ4v) is 2.72. The number of aryl methyl sites for hydroxylation is 2. The molecular weight excluding hydrogens is 342 g/mol. The first-order chi connectivity index (χ1) is 12.2. The molecular formula is C16H23N5O5. The van der Waals surface area contributed by atoms with Crippen molar-refractivity contribution in [1.29, 1.82) is 0 Å². The molecule has 10 heteroatoms. The minimum atomic E-state index is -1.08. The first-order valence-electron chi connectivity index (χ1n) is 8.32. The predicted octanol–water partition coefficient (Wildman–Crippen LogP) is -0.561. The van der Waals surface area contributed by atoms with Gasteiger partial charge in [0.05, 0.1) is 6.33 Å². The second-order valence-corrected chi connectivity index (χ2v) is 6.33. The summed E-state index contributed by atoms with van der Waals surface area (Å²) >= 11 is 0. The molecule has 2 atom stereocenters. The quantitative estimate of drug-likeness (QED) is 0.677. The molecule has 26 heavy (non-hydrogen) atoms. The average molecular weight is 365 g/mol. The maximum Gasteiger partial charge on any atom is 0.332 e. The third-order valence-corrected chi connectivity index (χ3v) is 4.59. The molecule has 0 aliphatic heterocycles. The van der Waals surface area contributed by atoms with Crippen molar-refractivity contribution < 1.29 is 14.7 Å². The van der Waals surface area contributed by atoms with Crippen molar-refractivity contribution in [3.05, 3.63) is 27.2 Å². The Hall–Kier alpha value is -2.91. The molecule has 0 fully saturated rings. The number of nitrogens with zero attached hydrogens (tertiary/aromatic N) is 4. The molecule has 0 saturated heterocycles. The van der Waals surface area contributed by atoms with Crippen LogP contribution in [0.2, 0.25) is 0 Å². The van der Waals surface area contributed by atoms with E-state index in [2.05, 4.69) is 10.3 Å². The lowest BCUT2D eigenvalue weighted by Crippen LogP contribution is -2.45. The van der Waals surface area contributed by atoms with E-state index in [9.17, 15) is 24.3 Å². The molecule has 10 nitrogen and oxygen atoms in total. The van der Waals surface area contributed by atoms with Crippen LogP contribution in [0.5, 0.6) is 0 Å². The van der Waals surface area contributed by atoms with Crippen LogP contribution < -0.4 is 16.6 Å². The third kappa shape index (κ3) is 3.53. The number of fused-ring (bicyclic) bond motifs is 1. The summed E-state index contributed by atoms with van der Waals surface area (Å²) in [6.45, 7) is 3.75. The van der Waals surface area contributed by atoms with E-state index in [0.29, 0.717) is 6.42 Å². The monoisotopic (exact) mass is 365 g/mol. The summed E-state index contributed by atoms with van der Waals surface area (Å²) in [6, 6.07) is -0.958. The predicted molar refractivity (Wildman–Crippen MR) is 93.9 cm³/mol. The zero-order valence-electron chi connectivity index (χ0n) is 15.2. The molecule has 0 aliphatic rings. The second kappa shape index (κ2) is 7.54. The molecule has 2 N–H and O–H groups in total. The summed E-state index contributed by atoms with van der Waals surface area (Å²) < 4.78 is 3.73. The van der Waals surface area contributed by atoms with Crippen molar-refractivity contribution in [3.63, 3.8) is 0 Å². The Balaban J connectivity index is 2.20. The molecule has 0 saturated carbocycles. The van der Waals surface area contributed by atoms with Gasteiger partial charge in [-0.15, -0.1) is 0 Å². The van der Waals surface area contributed by atoms with Gasteiger partial charge in [-0.2, -0.15) is 0 Å². The van der Waals surface area contributed by atoms with E-state index in [1.807, 2.05) is 6.92 Å². The van der Waals surface area contributed by atoms with Crippen molar-refractivity contribution in [1.82, 2.24) is 24.0 Å². The van der Waals surface area contributed by atoms with Crippen molar-refractivity contribution >= 4 is 23.0 Å². The molecule has 0 unspecified atom stereocenters.